The van der Waals surface area contributed by atoms with Crippen LogP contribution >= 0.6 is 0 Å². The minimum absolute atomic E-state index is 0.0104. The Labute approximate surface area is 339 Å². The molecule has 7 aromatic rings. The molecule has 5 heteroatoms. The van der Waals surface area contributed by atoms with Crippen LogP contribution in [0.2, 0.25) is 0 Å². The normalized spacial score (nSPS) is 19.3. The number of hydrogen-bond donors (Lipinski definition) is 0. The zero-order valence-corrected chi connectivity index (χ0v) is 35.8. The Morgan fingerprint density at radius 3 is 1.75 bits per heavy atom. The van der Waals surface area contributed by atoms with Crippen molar-refractivity contribution in [3.8, 4) is 17.3 Å². The highest BCUT2D eigenvalue weighted by Gasteiger charge is 2.78. The molecular weight excluding hydrogens is 697 g/mol. The third-order valence-corrected chi connectivity index (χ3v) is 12.3. The summed E-state index contributed by atoms with van der Waals surface area (Å²) in [6.07, 6.45) is 1.94. The number of rotatable bonds is 5. The predicted octanol–water partition coefficient (Wildman–Crippen LogP) is 14.5. The molecule has 0 radical (unpaired) electrons. The lowest BCUT2D eigenvalue weighted by Gasteiger charge is -2.40. The van der Waals surface area contributed by atoms with E-state index >= 15 is 0 Å². The highest BCUT2D eigenvalue weighted by Crippen LogP contribution is 2.75. The van der Waals surface area contributed by atoms with Crippen molar-refractivity contribution in [1.29, 1.82) is 0 Å². The highest BCUT2D eigenvalue weighted by atomic mass is 16.5. The maximum atomic E-state index is 7.01. The summed E-state index contributed by atoms with van der Waals surface area (Å²) in [5, 5.41) is 2.40. The molecular formula is C52H57N4O+. The van der Waals surface area contributed by atoms with Crippen LogP contribution < -0.4 is 13.9 Å². The number of benzene rings is 5. The Bertz CT molecular complexity index is 2750. The van der Waals surface area contributed by atoms with Crippen LogP contribution in [0.1, 0.15) is 105 Å². The van der Waals surface area contributed by atoms with Crippen molar-refractivity contribution >= 4 is 44.6 Å². The average Bonchev–Trinajstić information content (AvgIpc) is 3.64. The van der Waals surface area contributed by atoms with Crippen molar-refractivity contribution in [3.63, 3.8) is 0 Å². The molecule has 1 unspecified atom stereocenters. The van der Waals surface area contributed by atoms with E-state index < -0.39 is 0 Å². The fourth-order valence-electron chi connectivity index (χ4n) is 8.83. The number of pyridine rings is 1. The van der Waals surface area contributed by atoms with Gasteiger partial charge in [0.25, 0.3) is 0 Å². The number of para-hydroxylation sites is 2. The Balaban J connectivity index is 1.19. The molecule has 1 saturated heterocycles. The smallest absolute Gasteiger partial charge is 0.225 e. The first-order chi connectivity index (χ1) is 26.7. The zero-order chi connectivity index (χ0) is 40.5. The lowest BCUT2D eigenvalue weighted by atomic mass is 9.86. The molecule has 2 aromatic heterocycles. The van der Waals surface area contributed by atoms with E-state index in [1.165, 1.54) is 55.8 Å². The summed E-state index contributed by atoms with van der Waals surface area (Å²) in [6, 6.07) is 42.8. The highest BCUT2D eigenvalue weighted by molar-refractivity contribution is 6.10. The van der Waals surface area contributed by atoms with Gasteiger partial charge >= 0.3 is 0 Å². The molecule has 5 aromatic carbocycles. The zero-order valence-electron chi connectivity index (χ0n) is 35.8. The fraction of sp³-hybridized carbons (Fsp3) is 0.308. The summed E-state index contributed by atoms with van der Waals surface area (Å²) in [7, 11) is 0. The van der Waals surface area contributed by atoms with Crippen molar-refractivity contribution < 1.29 is 4.74 Å². The van der Waals surface area contributed by atoms with Crippen LogP contribution in [0.15, 0.2) is 121 Å². The number of quaternary nitrogens is 2. The van der Waals surface area contributed by atoms with Crippen LogP contribution in [0.25, 0.3) is 27.6 Å². The number of ether oxygens (including phenoxy) is 1. The van der Waals surface area contributed by atoms with Gasteiger partial charge in [-0.25, -0.2) is 4.98 Å². The molecule has 1 fully saturated rings. The SMILES string of the molecule is CC(C)(C)c1cc(Oc2ccc3c4cc(C(C)(C)C)ccc4n(-c4cc(C(C)(C)C)ccn4)c3c2)cc([N+]23[CH-][N@+]2(c2cccc(C(C)(C)C)c2)c2ccccc23)c1. The van der Waals surface area contributed by atoms with Crippen molar-refractivity contribution in [1.82, 2.24) is 18.7 Å². The molecule has 0 saturated carbocycles. The van der Waals surface area contributed by atoms with E-state index in [0.29, 0.717) is 9.18 Å². The standard InChI is InChI=1S/C52H57N4O/c1-49(2,3)34-16-15-17-38(26-34)55-33-56(55,47-19-14-13-18-46(47)55)39-27-37(52(10,11)12)28-41(31-39)57-40-21-22-42-43-29-35(50(4,5)6)20-23-44(43)54(45(42)32-40)48-30-36(24-25-53-48)51(7,8)9/h13-33H,1-12H3/q+1/t55-,56?/m0/s1. The van der Waals surface area contributed by atoms with Gasteiger partial charge in [-0.15, -0.1) is 0 Å². The van der Waals surface area contributed by atoms with E-state index in [0.717, 1.165) is 28.4 Å². The van der Waals surface area contributed by atoms with Gasteiger partial charge in [0.2, 0.25) is 11.4 Å². The molecule has 0 aliphatic carbocycles. The van der Waals surface area contributed by atoms with Crippen LogP contribution in [0, 0.1) is 6.67 Å². The average molecular weight is 754 g/mol. The summed E-state index contributed by atoms with van der Waals surface area (Å²) in [6.45, 7) is 29.8. The van der Waals surface area contributed by atoms with Gasteiger partial charge in [0.05, 0.1) is 11.0 Å². The Morgan fingerprint density at radius 2 is 1.09 bits per heavy atom. The van der Waals surface area contributed by atoms with E-state index in [2.05, 4.69) is 210 Å². The van der Waals surface area contributed by atoms with Crippen LogP contribution in [-0.4, -0.2) is 9.55 Å². The maximum Gasteiger partial charge on any atom is 0.225 e. The summed E-state index contributed by atoms with van der Waals surface area (Å²) in [5.41, 5.74) is 12.4. The summed E-state index contributed by atoms with van der Waals surface area (Å²) >= 11 is 0. The van der Waals surface area contributed by atoms with Gasteiger partial charge in [0.1, 0.15) is 17.3 Å². The molecule has 57 heavy (non-hydrogen) atoms. The summed E-state index contributed by atoms with van der Waals surface area (Å²) in [4.78, 5) is 4.96. The van der Waals surface area contributed by atoms with Gasteiger partial charge in [-0.05, 0) is 86.4 Å². The first-order valence-corrected chi connectivity index (χ1v) is 20.5. The van der Waals surface area contributed by atoms with Crippen LogP contribution in [0.3, 0.4) is 0 Å². The lowest BCUT2D eigenvalue weighted by Crippen LogP contribution is -2.46. The Kier molecular flexibility index (Phi) is 7.96. The second-order valence-corrected chi connectivity index (χ2v) is 20.5. The Hall–Kier alpha value is -5.23. The third kappa shape index (κ3) is 5.76. The van der Waals surface area contributed by atoms with E-state index in [1.54, 1.807) is 0 Å². The summed E-state index contributed by atoms with van der Waals surface area (Å²) in [5.74, 6) is 2.54. The molecule has 2 aliphatic heterocycles. The first-order valence-electron chi connectivity index (χ1n) is 20.5. The molecule has 4 heterocycles. The van der Waals surface area contributed by atoms with E-state index in [1.807, 2.05) is 6.20 Å². The second-order valence-electron chi connectivity index (χ2n) is 20.5. The molecule has 2 aliphatic rings. The minimum atomic E-state index is -0.0977. The molecule has 0 bridgehead atoms. The van der Waals surface area contributed by atoms with Crippen molar-refractivity contribution in [2.45, 2.75) is 105 Å². The molecule has 5 nitrogen and oxygen atoms in total. The summed E-state index contributed by atoms with van der Waals surface area (Å²) < 4.78 is 10.6. The van der Waals surface area contributed by atoms with Crippen molar-refractivity contribution in [2.24, 2.45) is 0 Å². The third-order valence-electron chi connectivity index (χ3n) is 12.3. The molecule has 0 amide bonds. The predicted molar refractivity (Wildman–Crippen MR) is 240 cm³/mol. The number of nitrogens with zero attached hydrogens (tertiary/aromatic N) is 4. The topological polar surface area (TPSA) is 27.1 Å². The molecule has 9 rings (SSSR count). The molecule has 0 N–H and O–H groups in total. The molecule has 0 spiro atoms. The van der Waals surface area contributed by atoms with Crippen molar-refractivity contribution in [3.05, 3.63) is 150 Å². The Morgan fingerprint density at radius 1 is 0.474 bits per heavy atom. The van der Waals surface area contributed by atoms with E-state index in [-0.39, 0.29) is 21.7 Å². The van der Waals surface area contributed by atoms with Gasteiger partial charge in [-0.2, -0.15) is 9.18 Å². The quantitative estimate of drug-likeness (QED) is 0.0994. The van der Waals surface area contributed by atoms with Gasteiger partial charge in [-0.1, -0.05) is 113 Å². The van der Waals surface area contributed by atoms with Gasteiger partial charge in [0, 0.05) is 59.4 Å². The first kappa shape index (κ1) is 37.4. The molecule has 2 atom stereocenters. The van der Waals surface area contributed by atoms with E-state index in [9.17, 15) is 0 Å². The second kappa shape index (κ2) is 12.1. The van der Waals surface area contributed by atoms with Crippen LogP contribution in [-0.2, 0) is 21.7 Å². The minimum Gasteiger partial charge on any atom is -0.457 e. The number of fused-ring (bicyclic) bond motifs is 7. The van der Waals surface area contributed by atoms with Gasteiger partial charge in [0.15, 0.2) is 18.0 Å². The monoisotopic (exact) mass is 753 g/mol. The van der Waals surface area contributed by atoms with E-state index in [4.69, 9.17) is 9.72 Å². The lowest BCUT2D eigenvalue weighted by molar-refractivity contribution is 0.421. The van der Waals surface area contributed by atoms with Crippen molar-refractivity contribution in [2.75, 3.05) is 0 Å². The van der Waals surface area contributed by atoms with Gasteiger partial charge in [-0.3, -0.25) is 4.57 Å². The van der Waals surface area contributed by atoms with Crippen LogP contribution in [0.4, 0.5) is 22.7 Å². The number of aromatic nitrogens is 2. The number of hydrogen-bond acceptors (Lipinski definition) is 2. The fourth-order valence-corrected chi connectivity index (χ4v) is 8.83. The maximum absolute atomic E-state index is 7.01. The van der Waals surface area contributed by atoms with Crippen LogP contribution in [0.5, 0.6) is 11.5 Å². The largest absolute Gasteiger partial charge is 0.457 e. The van der Waals surface area contributed by atoms with Gasteiger partial charge < -0.3 is 4.74 Å². The molecule has 290 valence electrons.